The van der Waals surface area contributed by atoms with E-state index in [1.807, 2.05) is 0 Å². The van der Waals surface area contributed by atoms with Gasteiger partial charge in [-0.3, -0.25) is 5.41 Å². The van der Waals surface area contributed by atoms with Gasteiger partial charge in [0.25, 0.3) is 0 Å². The van der Waals surface area contributed by atoms with Crippen LogP contribution in [0.5, 0.6) is 5.75 Å². The van der Waals surface area contributed by atoms with Gasteiger partial charge in [-0.25, -0.2) is 13.2 Å². The lowest BCUT2D eigenvalue weighted by molar-refractivity contribution is 0.246. The molecule has 1 aromatic carbocycles. The Morgan fingerprint density at radius 2 is 1.44 bits per heavy atom. The molecule has 1 atom stereocenters. The minimum absolute atomic E-state index is 0.334. The molecule has 0 saturated heterocycles. The Hall–Kier alpha value is -1.86. The Morgan fingerprint density at radius 1 is 1.06 bits per heavy atom. The maximum Gasteiger partial charge on any atom is 0.206 e. The average molecular weight is 268 g/mol. The molecule has 8 heteroatoms. The molecule has 0 aliphatic heterocycles. The summed E-state index contributed by atoms with van der Waals surface area (Å²) < 4.78 is 69.0. The molecule has 1 rings (SSSR count). The molecule has 0 amide bonds. The summed E-state index contributed by atoms with van der Waals surface area (Å²) in [6.07, 6.45) is 0. The topological polar surface area (TPSA) is 59.1 Å². The predicted octanol–water partition coefficient (Wildman–Crippen LogP) is 2.33. The Bertz CT molecular complexity index is 463. The number of nitrogens with two attached hydrogens (primary N) is 1. The van der Waals surface area contributed by atoms with Gasteiger partial charge in [-0.05, 0) is 0 Å². The van der Waals surface area contributed by atoms with Crippen LogP contribution >= 0.6 is 0 Å². The highest BCUT2D eigenvalue weighted by molar-refractivity contribution is 5.79. The van der Waals surface area contributed by atoms with Crippen molar-refractivity contribution in [2.75, 3.05) is 6.61 Å². The highest BCUT2D eigenvalue weighted by Gasteiger charge is 2.27. The van der Waals surface area contributed by atoms with Gasteiger partial charge in [0.1, 0.15) is 0 Å². The van der Waals surface area contributed by atoms with E-state index >= 15 is 0 Å². The lowest BCUT2D eigenvalue weighted by Gasteiger charge is -2.13. The first-order chi connectivity index (χ1) is 8.27. The molecule has 0 bridgehead atoms. The summed E-state index contributed by atoms with van der Waals surface area (Å²) >= 11 is 0. The van der Waals surface area contributed by atoms with Gasteiger partial charge in [0.2, 0.25) is 29.1 Å². The van der Waals surface area contributed by atoms with Crippen molar-refractivity contribution in [3.8, 4) is 5.75 Å². The van der Waals surface area contributed by atoms with Crippen LogP contribution in [0.25, 0.3) is 0 Å². The standard InChI is InChI=1S/C10H9F5N2O/c1-3(10(16)17)2-18-9-7(14)5(12)4(11)6(13)8(9)15/h3H,2H2,1H3,(H3,16,17). The molecule has 1 aromatic rings. The third kappa shape index (κ3) is 2.52. The highest BCUT2D eigenvalue weighted by Crippen LogP contribution is 2.29. The number of amidine groups is 1. The van der Waals surface area contributed by atoms with E-state index in [-0.39, 0.29) is 5.84 Å². The van der Waals surface area contributed by atoms with Crippen molar-refractivity contribution in [3.63, 3.8) is 0 Å². The molecule has 0 aliphatic carbocycles. The van der Waals surface area contributed by atoms with E-state index in [1.165, 1.54) is 6.92 Å². The summed E-state index contributed by atoms with van der Waals surface area (Å²) in [6.45, 7) is 0.919. The molecule has 1 unspecified atom stereocenters. The summed E-state index contributed by atoms with van der Waals surface area (Å²) in [5.41, 5.74) is 5.07. The molecular formula is C10H9F5N2O. The van der Waals surface area contributed by atoms with E-state index in [9.17, 15) is 22.0 Å². The van der Waals surface area contributed by atoms with E-state index < -0.39 is 47.4 Å². The second-order valence-electron chi connectivity index (χ2n) is 3.57. The third-order valence-corrected chi connectivity index (χ3v) is 2.18. The number of ether oxygens (including phenoxy) is 1. The van der Waals surface area contributed by atoms with Crippen LogP contribution in [-0.2, 0) is 0 Å². The first kappa shape index (κ1) is 14.2. The van der Waals surface area contributed by atoms with Gasteiger partial charge in [-0.2, -0.15) is 8.78 Å². The van der Waals surface area contributed by atoms with Gasteiger partial charge in [-0.1, -0.05) is 6.92 Å². The number of hydrogen-bond acceptors (Lipinski definition) is 2. The van der Waals surface area contributed by atoms with Crippen molar-refractivity contribution >= 4 is 5.84 Å². The molecule has 0 spiro atoms. The first-order valence-corrected chi connectivity index (χ1v) is 4.75. The summed E-state index contributed by atoms with van der Waals surface area (Å²) in [5, 5.41) is 6.99. The van der Waals surface area contributed by atoms with Crippen LogP contribution in [0.15, 0.2) is 0 Å². The summed E-state index contributed by atoms with van der Waals surface area (Å²) in [4.78, 5) is 0. The van der Waals surface area contributed by atoms with Crippen LogP contribution in [0.1, 0.15) is 6.92 Å². The normalized spacial score (nSPS) is 12.3. The fourth-order valence-electron chi connectivity index (χ4n) is 1.01. The van der Waals surface area contributed by atoms with E-state index in [0.717, 1.165) is 0 Å². The lowest BCUT2D eigenvalue weighted by Crippen LogP contribution is -2.25. The van der Waals surface area contributed by atoms with Crippen molar-refractivity contribution in [1.82, 2.24) is 0 Å². The monoisotopic (exact) mass is 268 g/mol. The maximum atomic E-state index is 13.1. The van der Waals surface area contributed by atoms with Crippen LogP contribution in [0.4, 0.5) is 22.0 Å². The maximum absolute atomic E-state index is 13.1. The SMILES string of the molecule is CC(COc1c(F)c(F)c(F)c(F)c1F)C(=N)N. The summed E-state index contributed by atoms with van der Waals surface area (Å²) in [7, 11) is 0. The van der Waals surface area contributed by atoms with Gasteiger partial charge in [0, 0.05) is 5.92 Å². The van der Waals surface area contributed by atoms with Crippen molar-refractivity contribution in [2.45, 2.75) is 6.92 Å². The van der Waals surface area contributed by atoms with Gasteiger partial charge < -0.3 is 10.5 Å². The minimum Gasteiger partial charge on any atom is -0.487 e. The average Bonchev–Trinajstić information content (AvgIpc) is 2.33. The van der Waals surface area contributed by atoms with Gasteiger partial charge in [0.15, 0.2) is 5.75 Å². The number of hydrogen-bond donors (Lipinski definition) is 2. The Balaban J connectivity index is 3.07. The Kier molecular flexibility index (Phi) is 4.10. The van der Waals surface area contributed by atoms with Gasteiger partial charge in [-0.15, -0.1) is 0 Å². The molecule has 0 saturated carbocycles. The zero-order chi connectivity index (χ0) is 14.0. The molecule has 0 aromatic heterocycles. The highest BCUT2D eigenvalue weighted by atomic mass is 19.2. The van der Waals surface area contributed by atoms with E-state index in [2.05, 4.69) is 4.74 Å². The first-order valence-electron chi connectivity index (χ1n) is 4.75. The molecule has 3 N–H and O–H groups in total. The number of halogens is 5. The molecule has 0 aliphatic rings. The predicted molar refractivity (Wildman–Crippen MR) is 52.8 cm³/mol. The second-order valence-corrected chi connectivity index (χ2v) is 3.57. The largest absolute Gasteiger partial charge is 0.487 e. The zero-order valence-corrected chi connectivity index (χ0v) is 9.16. The van der Waals surface area contributed by atoms with Gasteiger partial charge in [0.05, 0.1) is 12.4 Å². The van der Waals surface area contributed by atoms with Crippen molar-refractivity contribution in [3.05, 3.63) is 29.1 Å². The fraction of sp³-hybridized carbons (Fsp3) is 0.300. The molecule has 100 valence electrons. The quantitative estimate of drug-likeness (QED) is 0.289. The van der Waals surface area contributed by atoms with E-state index in [1.54, 1.807) is 0 Å². The van der Waals surface area contributed by atoms with Crippen molar-refractivity contribution in [2.24, 2.45) is 11.7 Å². The van der Waals surface area contributed by atoms with Crippen LogP contribution in [0.3, 0.4) is 0 Å². The van der Waals surface area contributed by atoms with Gasteiger partial charge >= 0.3 is 0 Å². The van der Waals surface area contributed by atoms with Crippen LogP contribution < -0.4 is 10.5 Å². The van der Waals surface area contributed by atoms with Crippen LogP contribution in [0, 0.1) is 40.4 Å². The molecule has 0 fully saturated rings. The van der Waals surface area contributed by atoms with E-state index in [4.69, 9.17) is 11.1 Å². The van der Waals surface area contributed by atoms with Crippen LogP contribution in [0.2, 0.25) is 0 Å². The molecule has 3 nitrogen and oxygen atoms in total. The number of benzene rings is 1. The summed E-state index contributed by atoms with van der Waals surface area (Å²) in [6, 6.07) is 0. The van der Waals surface area contributed by atoms with E-state index in [0.29, 0.717) is 0 Å². The lowest BCUT2D eigenvalue weighted by atomic mass is 10.2. The molecule has 0 heterocycles. The molecule has 0 radical (unpaired) electrons. The van der Waals surface area contributed by atoms with Crippen molar-refractivity contribution < 1.29 is 26.7 Å². The molecular weight excluding hydrogens is 259 g/mol. The second kappa shape index (κ2) is 5.19. The Labute approximate surface area is 98.9 Å². The Morgan fingerprint density at radius 3 is 1.83 bits per heavy atom. The smallest absolute Gasteiger partial charge is 0.206 e. The number of rotatable bonds is 4. The fourth-order valence-corrected chi connectivity index (χ4v) is 1.01. The number of nitrogens with one attached hydrogen (secondary N) is 1. The molecule has 18 heavy (non-hydrogen) atoms. The zero-order valence-electron chi connectivity index (χ0n) is 9.16. The summed E-state index contributed by atoms with van der Waals surface area (Å²) in [5.74, 6) is -13.0. The third-order valence-electron chi connectivity index (χ3n) is 2.18. The minimum atomic E-state index is -2.25. The van der Waals surface area contributed by atoms with Crippen molar-refractivity contribution in [1.29, 1.82) is 5.41 Å². The van der Waals surface area contributed by atoms with Crippen LogP contribution in [-0.4, -0.2) is 12.4 Å².